The first-order valence-corrected chi connectivity index (χ1v) is 9.04. The molecule has 0 saturated heterocycles. The van der Waals surface area contributed by atoms with Crippen LogP contribution >= 0.6 is 0 Å². The van der Waals surface area contributed by atoms with Crippen molar-refractivity contribution in [2.45, 2.75) is 79.8 Å². The zero-order valence-corrected chi connectivity index (χ0v) is 17.3. The van der Waals surface area contributed by atoms with Gasteiger partial charge in [0, 0.05) is 22.1 Å². The lowest BCUT2D eigenvalue weighted by atomic mass is 9.78. The van der Waals surface area contributed by atoms with Crippen LogP contribution in [0.15, 0.2) is 11.6 Å². The second kappa shape index (κ2) is 9.71. The highest BCUT2D eigenvalue weighted by Gasteiger charge is 2.30. The summed E-state index contributed by atoms with van der Waals surface area (Å²) < 4.78 is 5.27. The van der Waals surface area contributed by atoms with Crippen LogP contribution in [0.3, 0.4) is 0 Å². The van der Waals surface area contributed by atoms with Crippen LogP contribution in [-0.4, -0.2) is 28.5 Å². The van der Waals surface area contributed by atoms with E-state index < -0.39 is 11.5 Å². The van der Waals surface area contributed by atoms with E-state index in [0.29, 0.717) is 35.3 Å². The van der Waals surface area contributed by atoms with E-state index in [9.17, 15) is 15.3 Å². The molecule has 25 heavy (non-hydrogen) atoms. The van der Waals surface area contributed by atoms with Gasteiger partial charge in [-0.15, -0.1) is 0 Å². The van der Waals surface area contributed by atoms with Crippen LogP contribution in [0.25, 0.3) is 0 Å². The molecule has 0 fully saturated rings. The van der Waals surface area contributed by atoms with Crippen LogP contribution in [0.4, 0.5) is 0 Å². The lowest BCUT2D eigenvalue weighted by molar-refractivity contribution is 0.195. The lowest BCUT2D eigenvalue weighted by Gasteiger charge is -2.28. The maximum atomic E-state index is 10.8. The fourth-order valence-electron chi connectivity index (χ4n) is 3.42. The van der Waals surface area contributed by atoms with Gasteiger partial charge >= 0.3 is 0 Å². The summed E-state index contributed by atoms with van der Waals surface area (Å²) in [6, 6.07) is 0. The molecule has 1 aromatic carbocycles. The van der Waals surface area contributed by atoms with Crippen molar-refractivity contribution >= 4 is 0 Å². The number of benzene rings is 1. The Hall–Kier alpha value is -1.68. The van der Waals surface area contributed by atoms with Crippen molar-refractivity contribution in [2.75, 3.05) is 7.11 Å². The lowest BCUT2D eigenvalue weighted by Crippen LogP contribution is -2.18. The maximum Gasteiger partial charge on any atom is 0.167 e. The second-order valence-electron chi connectivity index (χ2n) is 6.83. The van der Waals surface area contributed by atoms with Crippen molar-refractivity contribution in [2.24, 2.45) is 0 Å². The van der Waals surface area contributed by atoms with E-state index in [-0.39, 0.29) is 11.5 Å². The molecule has 0 radical (unpaired) electrons. The highest BCUT2D eigenvalue weighted by Crippen LogP contribution is 2.47. The average molecular weight is 353 g/mol. The van der Waals surface area contributed by atoms with E-state index in [1.807, 2.05) is 47.6 Å². The van der Waals surface area contributed by atoms with Gasteiger partial charge in [-0.05, 0) is 33.6 Å². The minimum Gasteiger partial charge on any atom is -0.507 e. The molecule has 0 aliphatic heterocycles. The number of allylic oxidation sites excluding steroid dienone is 1. The quantitative estimate of drug-likeness (QED) is 0.498. The summed E-state index contributed by atoms with van der Waals surface area (Å²) in [5.74, 6) is 0.587. The van der Waals surface area contributed by atoms with Crippen LogP contribution < -0.4 is 4.74 Å². The van der Waals surface area contributed by atoms with Crippen LogP contribution in [0.1, 0.15) is 71.6 Å². The maximum absolute atomic E-state index is 10.8. The van der Waals surface area contributed by atoms with Gasteiger partial charge in [-0.25, -0.2) is 0 Å². The molecule has 0 aliphatic carbocycles. The smallest absolute Gasteiger partial charge is 0.167 e. The number of aliphatic hydroxyl groups is 1. The van der Waals surface area contributed by atoms with E-state index in [0.717, 1.165) is 5.57 Å². The number of rotatable bonds is 6. The number of aromatic hydroxyl groups is 2. The molecule has 1 rings (SSSR count). The van der Waals surface area contributed by atoms with Crippen LogP contribution in [0, 0.1) is 6.92 Å². The van der Waals surface area contributed by atoms with Gasteiger partial charge in [-0.3, -0.25) is 0 Å². The number of hydrogen-bond acceptors (Lipinski definition) is 4. The SMILES string of the molecule is CC.CCc1c(O)c(C(C)(C)/C=C(\C)CC(C)O)c(C)c(O)c1OC. The van der Waals surface area contributed by atoms with Crippen molar-refractivity contribution in [3.63, 3.8) is 0 Å². The second-order valence-corrected chi connectivity index (χ2v) is 6.83. The van der Waals surface area contributed by atoms with Gasteiger partial charge in [0.1, 0.15) is 5.75 Å². The zero-order valence-electron chi connectivity index (χ0n) is 17.3. The molecule has 0 aromatic heterocycles. The third-order valence-corrected chi connectivity index (χ3v) is 4.17. The fourth-order valence-corrected chi connectivity index (χ4v) is 3.42. The molecule has 144 valence electrons. The summed E-state index contributed by atoms with van der Waals surface area (Å²) in [5, 5.41) is 30.8. The molecule has 1 aromatic rings. The molecule has 0 amide bonds. The first-order chi connectivity index (χ1) is 11.6. The van der Waals surface area contributed by atoms with Gasteiger partial charge in [0.15, 0.2) is 11.5 Å². The summed E-state index contributed by atoms with van der Waals surface area (Å²) in [7, 11) is 1.49. The van der Waals surface area contributed by atoms with E-state index in [4.69, 9.17) is 4.74 Å². The largest absolute Gasteiger partial charge is 0.507 e. The fraction of sp³-hybridized carbons (Fsp3) is 0.619. The molecule has 3 N–H and O–H groups in total. The zero-order chi connectivity index (χ0) is 19.9. The number of ether oxygens (including phenoxy) is 1. The Bertz CT molecular complexity index is 599. The Morgan fingerprint density at radius 2 is 1.72 bits per heavy atom. The molecular weight excluding hydrogens is 316 g/mol. The molecule has 0 aliphatic rings. The first kappa shape index (κ1) is 23.3. The topological polar surface area (TPSA) is 69.9 Å². The Labute approximate surface area is 153 Å². The number of hydrogen-bond donors (Lipinski definition) is 3. The highest BCUT2D eigenvalue weighted by atomic mass is 16.5. The monoisotopic (exact) mass is 352 g/mol. The molecule has 0 heterocycles. The highest BCUT2D eigenvalue weighted by molar-refractivity contribution is 5.64. The van der Waals surface area contributed by atoms with Gasteiger partial charge in [-0.2, -0.15) is 0 Å². The Kier molecular flexibility index (Phi) is 9.06. The van der Waals surface area contributed by atoms with Gasteiger partial charge in [0.05, 0.1) is 13.2 Å². The van der Waals surface area contributed by atoms with E-state index in [1.165, 1.54) is 7.11 Å². The van der Waals surface area contributed by atoms with Gasteiger partial charge in [-0.1, -0.05) is 46.3 Å². The Balaban J connectivity index is 0.00000277. The minimum atomic E-state index is -0.485. The van der Waals surface area contributed by atoms with Crippen LogP contribution in [-0.2, 0) is 11.8 Å². The molecular formula is C21H36O4. The minimum absolute atomic E-state index is 0.0757. The number of phenolic OH excluding ortho intramolecular Hbond substituents is 2. The van der Waals surface area contributed by atoms with Crippen LogP contribution in [0.5, 0.6) is 17.2 Å². The summed E-state index contributed by atoms with van der Waals surface area (Å²) in [6.45, 7) is 15.4. The summed E-state index contributed by atoms with van der Waals surface area (Å²) in [6.07, 6.45) is 2.76. The Morgan fingerprint density at radius 3 is 2.12 bits per heavy atom. The molecule has 0 spiro atoms. The third-order valence-electron chi connectivity index (χ3n) is 4.17. The Morgan fingerprint density at radius 1 is 1.20 bits per heavy atom. The first-order valence-electron chi connectivity index (χ1n) is 9.04. The van der Waals surface area contributed by atoms with Gasteiger partial charge < -0.3 is 20.1 Å². The number of methoxy groups -OCH3 is 1. The van der Waals surface area contributed by atoms with Crippen molar-refractivity contribution < 1.29 is 20.1 Å². The molecule has 4 nitrogen and oxygen atoms in total. The van der Waals surface area contributed by atoms with Crippen molar-refractivity contribution in [3.8, 4) is 17.2 Å². The van der Waals surface area contributed by atoms with Crippen LogP contribution in [0.2, 0.25) is 0 Å². The van der Waals surface area contributed by atoms with Crippen molar-refractivity contribution in [1.82, 2.24) is 0 Å². The standard InChI is InChI=1S/C19H30O4.C2H6/c1-8-14-17(22)15(13(4)16(21)18(14)23-7)19(5,6)10-11(2)9-12(3)20;1-2/h10,12,20-22H,8-9H2,1-7H3;1-2H3/b11-10+;. The normalized spacial score (nSPS) is 13.1. The molecule has 1 atom stereocenters. The predicted octanol–water partition coefficient (Wildman–Crippen LogP) is 5.00. The third kappa shape index (κ3) is 5.40. The number of phenols is 2. The van der Waals surface area contributed by atoms with Crippen molar-refractivity contribution in [3.05, 3.63) is 28.3 Å². The number of aliphatic hydroxyl groups excluding tert-OH is 1. The molecule has 0 saturated carbocycles. The van der Waals surface area contributed by atoms with Gasteiger partial charge in [0.2, 0.25) is 0 Å². The summed E-state index contributed by atoms with van der Waals surface area (Å²) >= 11 is 0. The molecule has 4 heteroatoms. The molecule has 1 unspecified atom stereocenters. The van der Waals surface area contributed by atoms with E-state index in [2.05, 4.69) is 0 Å². The summed E-state index contributed by atoms with van der Waals surface area (Å²) in [4.78, 5) is 0. The van der Waals surface area contributed by atoms with E-state index in [1.54, 1.807) is 13.8 Å². The van der Waals surface area contributed by atoms with Gasteiger partial charge in [0.25, 0.3) is 0 Å². The average Bonchev–Trinajstić information content (AvgIpc) is 2.50. The molecule has 0 bridgehead atoms. The van der Waals surface area contributed by atoms with E-state index >= 15 is 0 Å². The summed E-state index contributed by atoms with van der Waals surface area (Å²) in [5.41, 5.74) is 2.47. The van der Waals surface area contributed by atoms with Crippen molar-refractivity contribution in [1.29, 1.82) is 0 Å². The predicted molar refractivity (Wildman–Crippen MR) is 105 cm³/mol.